The number of anilines is 1. The van der Waals surface area contributed by atoms with Gasteiger partial charge in [0.05, 0.1) is 5.41 Å². The molecule has 2 saturated heterocycles. The summed E-state index contributed by atoms with van der Waals surface area (Å²) in [5.41, 5.74) is 1.95. The van der Waals surface area contributed by atoms with E-state index in [0.717, 1.165) is 42.7 Å². The average molecular weight is 566 g/mol. The van der Waals surface area contributed by atoms with Crippen molar-refractivity contribution in [1.82, 2.24) is 20.9 Å². The first-order chi connectivity index (χ1) is 19.1. The molecule has 5 rings (SSSR count). The van der Waals surface area contributed by atoms with Crippen LogP contribution in [0.1, 0.15) is 57.6 Å². The van der Waals surface area contributed by atoms with Crippen molar-refractivity contribution in [2.24, 2.45) is 0 Å². The highest BCUT2D eigenvalue weighted by molar-refractivity contribution is 6.31. The minimum atomic E-state index is -0.755. The lowest BCUT2D eigenvalue weighted by molar-refractivity contribution is -0.134. The number of hydrogen-bond donors (Lipinski definition) is 3. The van der Waals surface area contributed by atoms with Gasteiger partial charge in [-0.1, -0.05) is 48.0 Å². The highest BCUT2D eigenvalue weighted by atomic mass is 35.5. The Morgan fingerprint density at radius 1 is 1.02 bits per heavy atom. The molecule has 2 fully saturated rings. The van der Waals surface area contributed by atoms with Crippen molar-refractivity contribution < 1.29 is 14.4 Å². The largest absolute Gasteiger partial charge is 0.341 e. The number of urea groups is 1. The number of halogens is 1. The molecule has 40 heavy (non-hydrogen) atoms. The molecule has 214 valence electrons. The smallest absolute Gasteiger partial charge is 0.315 e. The molecule has 4 amide bonds. The molecule has 8 nitrogen and oxygen atoms in total. The Kier molecular flexibility index (Phi) is 8.11. The summed E-state index contributed by atoms with van der Waals surface area (Å²) in [5.74, 6) is -0.0164. The van der Waals surface area contributed by atoms with Gasteiger partial charge in [0.1, 0.15) is 6.04 Å². The number of hydrogen-bond acceptors (Lipinski definition) is 4. The molecule has 1 unspecified atom stereocenters. The van der Waals surface area contributed by atoms with E-state index < -0.39 is 11.5 Å². The minimum Gasteiger partial charge on any atom is -0.341 e. The third kappa shape index (κ3) is 5.70. The molecule has 0 aromatic heterocycles. The van der Waals surface area contributed by atoms with Crippen LogP contribution in [0.2, 0.25) is 5.02 Å². The van der Waals surface area contributed by atoms with Gasteiger partial charge in [-0.3, -0.25) is 9.59 Å². The summed E-state index contributed by atoms with van der Waals surface area (Å²) in [5, 5.41) is 9.98. The lowest BCUT2D eigenvalue weighted by atomic mass is 9.86. The van der Waals surface area contributed by atoms with Crippen molar-refractivity contribution in [3.05, 3.63) is 64.7 Å². The molecule has 0 radical (unpaired) electrons. The second-order valence-corrected chi connectivity index (χ2v) is 12.5. The van der Waals surface area contributed by atoms with E-state index in [1.165, 1.54) is 0 Å². The Balaban J connectivity index is 1.28. The van der Waals surface area contributed by atoms with E-state index in [9.17, 15) is 14.4 Å². The minimum absolute atomic E-state index is 0.0256. The fourth-order valence-electron chi connectivity index (χ4n) is 6.32. The molecule has 0 bridgehead atoms. The zero-order valence-electron chi connectivity index (χ0n) is 23.6. The molecule has 0 aliphatic carbocycles. The third-order valence-corrected chi connectivity index (χ3v) is 9.21. The molecular formula is C31H40ClN5O3. The van der Waals surface area contributed by atoms with Gasteiger partial charge in [0.15, 0.2) is 0 Å². The maximum atomic E-state index is 13.9. The molecule has 2 aromatic carbocycles. The van der Waals surface area contributed by atoms with Crippen LogP contribution in [0, 0.1) is 0 Å². The summed E-state index contributed by atoms with van der Waals surface area (Å²) in [7, 11) is 0. The SMILES string of the molecule is CC1(NC(=O)NC(Cc2ccccc2Cl)C(=O)N2CCC(N3C(=O)C(C)(C)c4ccccc43)CC2)CCNCC1. The monoisotopic (exact) mass is 565 g/mol. The molecule has 3 aliphatic heterocycles. The quantitative estimate of drug-likeness (QED) is 0.493. The number of likely N-dealkylation sites (tertiary alicyclic amines) is 1. The molecule has 1 atom stereocenters. The van der Waals surface area contributed by atoms with Gasteiger partial charge in [-0.25, -0.2) is 4.79 Å². The molecule has 9 heteroatoms. The number of benzene rings is 2. The highest BCUT2D eigenvalue weighted by Crippen LogP contribution is 2.43. The number of carbonyl (C=O) groups is 3. The second kappa shape index (κ2) is 11.4. The topological polar surface area (TPSA) is 93.8 Å². The number of nitrogens with zero attached hydrogens (tertiary/aromatic N) is 2. The molecule has 2 aromatic rings. The fourth-order valence-corrected chi connectivity index (χ4v) is 6.53. The van der Waals surface area contributed by atoms with Crippen LogP contribution in [-0.2, 0) is 21.4 Å². The van der Waals surface area contributed by atoms with Gasteiger partial charge in [-0.2, -0.15) is 0 Å². The second-order valence-electron chi connectivity index (χ2n) is 12.1. The van der Waals surface area contributed by atoms with E-state index in [-0.39, 0.29) is 29.4 Å². The van der Waals surface area contributed by atoms with Crippen molar-refractivity contribution >= 4 is 35.1 Å². The molecule has 3 aliphatic rings. The fraction of sp³-hybridized carbons (Fsp3) is 0.516. The van der Waals surface area contributed by atoms with E-state index in [0.29, 0.717) is 37.4 Å². The molecular weight excluding hydrogens is 526 g/mol. The van der Waals surface area contributed by atoms with E-state index in [4.69, 9.17) is 11.6 Å². The lowest BCUT2D eigenvalue weighted by Crippen LogP contribution is -2.59. The molecule has 0 saturated carbocycles. The van der Waals surface area contributed by atoms with E-state index in [1.54, 1.807) is 6.07 Å². The number of para-hydroxylation sites is 1. The zero-order chi connectivity index (χ0) is 28.5. The van der Waals surface area contributed by atoms with Crippen LogP contribution >= 0.6 is 11.6 Å². The normalized spacial score (nSPS) is 21.1. The number of piperidine rings is 2. The van der Waals surface area contributed by atoms with Crippen LogP contribution in [0.5, 0.6) is 0 Å². The summed E-state index contributed by atoms with van der Waals surface area (Å²) in [6, 6.07) is 14.4. The zero-order valence-corrected chi connectivity index (χ0v) is 24.4. The van der Waals surface area contributed by atoms with E-state index in [1.807, 2.05) is 73.0 Å². The van der Waals surface area contributed by atoms with Crippen molar-refractivity contribution in [1.29, 1.82) is 0 Å². The number of rotatable bonds is 6. The first kappa shape index (κ1) is 28.4. The average Bonchev–Trinajstić information content (AvgIpc) is 3.14. The van der Waals surface area contributed by atoms with Crippen LogP contribution in [0.25, 0.3) is 0 Å². The van der Waals surface area contributed by atoms with Gasteiger partial charge in [-0.05, 0) is 82.8 Å². The summed E-state index contributed by atoms with van der Waals surface area (Å²) in [6.45, 7) is 8.72. The van der Waals surface area contributed by atoms with Crippen molar-refractivity contribution in [2.45, 2.75) is 75.9 Å². The lowest BCUT2D eigenvalue weighted by Gasteiger charge is -2.39. The number of amides is 4. The third-order valence-electron chi connectivity index (χ3n) is 8.84. The first-order valence-electron chi connectivity index (χ1n) is 14.3. The van der Waals surface area contributed by atoms with Crippen molar-refractivity contribution in [2.75, 3.05) is 31.1 Å². The Labute approximate surface area is 241 Å². The van der Waals surface area contributed by atoms with Crippen molar-refractivity contribution in [3.8, 4) is 0 Å². The first-order valence-corrected chi connectivity index (χ1v) is 14.7. The highest BCUT2D eigenvalue weighted by Gasteiger charge is 2.47. The van der Waals surface area contributed by atoms with Crippen LogP contribution in [0.3, 0.4) is 0 Å². The Hall–Kier alpha value is -3.10. The predicted octanol–water partition coefficient (Wildman–Crippen LogP) is 4.01. The summed E-state index contributed by atoms with van der Waals surface area (Å²) >= 11 is 6.45. The molecule has 0 spiro atoms. The van der Waals surface area contributed by atoms with E-state index >= 15 is 0 Å². The van der Waals surface area contributed by atoms with Crippen LogP contribution in [-0.4, -0.2) is 66.5 Å². The maximum Gasteiger partial charge on any atom is 0.315 e. The number of nitrogens with one attached hydrogen (secondary N) is 3. The van der Waals surface area contributed by atoms with Gasteiger partial charge in [0.2, 0.25) is 11.8 Å². The summed E-state index contributed by atoms with van der Waals surface area (Å²) in [4.78, 5) is 44.2. The van der Waals surface area contributed by atoms with Gasteiger partial charge < -0.3 is 25.8 Å². The summed E-state index contributed by atoms with van der Waals surface area (Å²) in [6.07, 6.45) is 3.31. The van der Waals surface area contributed by atoms with Gasteiger partial charge >= 0.3 is 6.03 Å². The standard InChI is InChI=1S/C31H40ClN5O3/c1-30(2)23-9-5-7-11-26(23)37(28(30)39)22-12-18-36(19-13-22)27(38)25(20-21-8-4-6-10-24(21)32)34-29(40)35-31(3)14-16-33-17-15-31/h4-11,22,25,33H,12-20H2,1-3H3,(H2,34,35,40). The Bertz CT molecular complexity index is 1270. The van der Waals surface area contributed by atoms with E-state index in [2.05, 4.69) is 16.0 Å². The van der Waals surface area contributed by atoms with Gasteiger partial charge in [-0.15, -0.1) is 0 Å². The van der Waals surface area contributed by atoms with Crippen LogP contribution in [0.15, 0.2) is 48.5 Å². The maximum absolute atomic E-state index is 13.9. The predicted molar refractivity (Wildman–Crippen MR) is 158 cm³/mol. The number of fused-ring (bicyclic) bond motifs is 1. The number of carbonyl (C=O) groups excluding carboxylic acids is 3. The Morgan fingerprint density at radius 3 is 2.38 bits per heavy atom. The van der Waals surface area contributed by atoms with Crippen molar-refractivity contribution in [3.63, 3.8) is 0 Å². The van der Waals surface area contributed by atoms with Gasteiger partial charge in [0, 0.05) is 41.8 Å². The molecule has 3 N–H and O–H groups in total. The van der Waals surface area contributed by atoms with Crippen LogP contribution in [0.4, 0.5) is 10.5 Å². The summed E-state index contributed by atoms with van der Waals surface area (Å²) < 4.78 is 0. The molecule has 3 heterocycles. The van der Waals surface area contributed by atoms with Crippen LogP contribution < -0.4 is 20.9 Å². The Morgan fingerprint density at radius 2 is 1.68 bits per heavy atom. The van der Waals surface area contributed by atoms with Gasteiger partial charge in [0.25, 0.3) is 0 Å².